The van der Waals surface area contributed by atoms with Crippen molar-refractivity contribution in [1.82, 2.24) is 4.90 Å². The molecule has 29 heavy (non-hydrogen) atoms. The Kier molecular flexibility index (Phi) is 6.23. The van der Waals surface area contributed by atoms with Gasteiger partial charge in [-0.2, -0.15) is 0 Å². The number of hydrogen-bond donors (Lipinski definition) is 1. The Morgan fingerprint density at radius 1 is 1.03 bits per heavy atom. The van der Waals surface area contributed by atoms with Gasteiger partial charge in [0, 0.05) is 18.5 Å². The van der Waals surface area contributed by atoms with Crippen LogP contribution in [0.4, 0.5) is 4.39 Å². The second kappa shape index (κ2) is 8.66. The second-order valence-electron chi connectivity index (χ2n) is 7.88. The van der Waals surface area contributed by atoms with Crippen molar-refractivity contribution in [1.29, 1.82) is 0 Å². The number of nitrogens with one attached hydrogen (secondary N) is 1. The molecule has 1 aliphatic rings. The van der Waals surface area contributed by atoms with Crippen molar-refractivity contribution in [3.63, 3.8) is 0 Å². The summed E-state index contributed by atoms with van der Waals surface area (Å²) in [5, 5.41) is 0. The SMILES string of the molecule is Cc1ccc(C(=O)C2C(=O)C(=O)N(CCC[NH+](C)C)C2c2ccc(F)cc2)cc1. The van der Waals surface area contributed by atoms with E-state index in [1.807, 2.05) is 21.0 Å². The molecule has 6 heteroatoms. The van der Waals surface area contributed by atoms with E-state index < -0.39 is 29.5 Å². The van der Waals surface area contributed by atoms with Gasteiger partial charge >= 0.3 is 0 Å². The molecule has 0 radical (unpaired) electrons. The number of hydrogen-bond acceptors (Lipinski definition) is 3. The Balaban J connectivity index is 1.98. The van der Waals surface area contributed by atoms with Gasteiger partial charge < -0.3 is 9.80 Å². The molecule has 2 aromatic rings. The van der Waals surface area contributed by atoms with Crippen LogP contribution in [0, 0.1) is 18.7 Å². The first-order valence-corrected chi connectivity index (χ1v) is 9.80. The van der Waals surface area contributed by atoms with E-state index in [9.17, 15) is 18.8 Å². The maximum Gasteiger partial charge on any atom is 0.291 e. The fraction of sp³-hybridized carbons (Fsp3) is 0.348. The van der Waals surface area contributed by atoms with E-state index in [0.717, 1.165) is 12.1 Å². The van der Waals surface area contributed by atoms with Crippen LogP contribution < -0.4 is 4.90 Å². The number of amides is 1. The Labute approximate surface area is 170 Å². The standard InChI is InChI=1S/C23H25FN2O3/c1-15-5-7-17(8-6-15)21(27)19-20(16-9-11-18(24)12-10-16)26(23(29)22(19)28)14-4-13-25(2)3/h5-12,19-20H,4,13-14H2,1-3H3/p+1. The number of rotatable bonds is 7. The Morgan fingerprint density at radius 3 is 2.24 bits per heavy atom. The smallest absolute Gasteiger partial charge is 0.291 e. The lowest BCUT2D eigenvalue weighted by Gasteiger charge is -2.27. The van der Waals surface area contributed by atoms with E-state index in [-0.39, 0.29) is 5.78 Å². The Morgan fingerprint density at radius 2 is 1.66 bits per heavy atom. The molecule has 0 spiro atoms. The van der Waals surface area contributed by atoms with Crippen molar-refractivity contribution in [3.05, 3.63) is 71.0 Å². The quantitative estimate of drug-likeness (QED) is 0.439. The van der Waals surface area contributed by atoms with E-state index in [4.69, 9.17) is 0 Å². The van der Waals surface area contributed by atoms with E-state index in [1.54, 1.807) is 36.4 Å². The zero-order valence-corrected chi connectivity index (χ0v) is 16.9. The molecule has 3 rings (SSSR count). The molecule has 1 aliphatic heterocycles. The van der Waals surface area contributed by atoms with Crippen LogP contribution >= 0.6 is 0 Å². The molecule has 2 unspecified atom stereocenters. The number of nitrogens with zero attached hydrogens (tertiary/aromatic N) is 1. The first kappa shape index (κ1) is 20.9. The van der Waals surface area contributed by atoms with Crippen LogP contribution in [0.1, 0.15) is 33.9 Å². The monoisotopic (exact) mass is 397 g/mol. The van der Waals surface area contributed by atoms with Crippen LogP contribution in [0.15, 0.2) is 48.5 Å². The Bertz CT molecular complexity index is 907. The first-order chi connectivity index (χ1) is 13.8. The third-order valence-electron chi connectivity index (χ3n) is 5.31. The number of quaternary nitrogens is 1. The molecular weight excluding hydrogens is 371 g/mol. The zero-order valence-electron chi connectivity index (χ0n) is 16.9. The number of carbonyl (C=O) groups excluding carboxylic acids is 3. The molecule has 1 fully saturated rings. The molecule has 0 bridgehead atoms. The summed E-state index contributed by atoms with van der Waals surface area (Å²) < 4.78 is 13.5. The predicted molar refractivity (Wildman–Crippen MR) is 107 cm³/mol. The molecule has 1 saturated heterocycles. The number of Topliss-reactive ketones (excluding diaryl/α,β-unsaturated/α-hetero) is 2. The molecule has 0 aliphatic carbocycles. The van der Waals surface area contributed by atoms with E-state index in [2.05, 4.69) is 0 Å². The summed E-state index contributed by atoms with van der Waals surface area (Å²) in [5.74, 6) is -3.24. The second-order valence-corrected chi connectivity index (χ2v) is 7.88. The number of aryl methyl sites for hydroxylation is 1. The molecular formula is C23H26FN2O3+. The zero-order chi connectivity index (χ0) is 21.1. The van der Waals surface area contributed by atoms with E-state index in [1.165, 1.54) is 21.9 Å². The van der Waals surface area contributed by atoms with Crippen LogP contribution in [0.5, 0.6) is 0 Å². The van der Waals surface area contributed by atoms with Crippen molar-refractivity contribution in [2.75, 3.05) is 27.2 Å². The summed E-state index contributed by atoms with van der Waals surface area (Å²) >= 11 is 0. The van der Waals surface area contributed by atoms with Crippen molar-refractivity contribution in [2.45, 2.75) is 19.4 Å². The Hall–Kier alpha value is -2.86. The van der Waals surface area contributed by atoms with Crippen LogP contribution in [0.25, 0.3) is 0 Å². The molecule has 2 atom stereocenters. The number of benzene rings is 2. The summed E-state index contributed by atoms with van der Waals surface area (Å²) in [5.41, 5.74) is 1.99. The average Bonchev–Trinajstić information content (AvgIpc) is 2.93. The van der Waals surface area contributed by atoms with E-state index >= 15 is 0 Å². The van der Waals surface area contributed by atoms with Gasteiger partial charge in [-0.05, 0) is 24.6 Å². The summed E-state index contributed by atoms with van der Waals surface area (Å²) in [6, 6.07) is 11.9. The van der Waals surface area contributed by atoms with Crippen LogP contribution in [0.2, 0.25) is 0 Å². The first-order valence-electron chi connectivity index (χ1n) is 9.80. The highest BCUT2D eigenvalue weighted by Crippen LogP contribution is 2.38. The van der Waals surface area contributed by atoms with Gasteiger partial charge in [0.05, 0.1) is 26.7 Å². The van der Waals surface area contributed by atoms with Gasteiger partial charge in [0.25, 0.3) is 5.91 Å². The summed E-state index contributed by atoms with van der Waals surface area (Å²) in [6.07, 6.45) is 0.699. The molecule has 0 aromatic heterocycles. The summed E-state index contributed by atoms with van der Waals surface area (Å²) in [4.78, 5) is 41.6. The fourth-order valence-electron chi connectivity index (χ4n) is 3.76. The largest absolute Gasteiger partial charge is 0.340 e. The van der Waals surface area contributed by atoms with Crippen molar-refractivity contribution in [3.8, 4) is 0 Å². The minimum Gasteiger partial charge on any atom is -0.340 e. The molecule has 152 valence electrons. The lowest BCUT2D eigenvalue weighted by molar-refractivity contribution is -0.858. The molecule has 1 amide bonds. The van der Waals surface area contributed by atoms with Crippen molar-refractivity contribution >= 4 is 17.5 Å². The van der Waals surface area contributed by atoms with Gasteiger partial charge in [0.2, 0.25) is 5.78 Å². The van der Waals surface area contributed by atoms with Gasteiger partial charge in [-0.3, -0.25) is 14.4 Å². The average molecular weight is 397 g/mol. The summed E-state index contributed by atoms with van der Waals surface area (Å²) in [7, 11) is 4.02. The van der Waals surface area contributed by atoms with Gasteiger partial charge in [-0.15, -0.1) is 0 Å². The lowest BCUT2D eigenvalue weighted by atomic mass is 9.86. The van der Waals surface area contributed by atoms with Gasteiger partial charge in [0.1, 0.15) is 11.7 Å². The van der Waals surface area contributed by atoms with Gasteiger partial charge in [-0.1, -0.05) is 42.0 Å². The third kappa shape index (κ3) is 4.43. The highest BCUT2D eigenvalue weighted by atomic mass is 19.1. The molecule has 1 N–H and O–H groups in total. The van der Waals surface area contributed by atoms with Gasteiger partial charge in [0.15, 0.2) is 5.78 Å². The normalized spacial score (nSPS) is 19.3. The molecule has 0 saturated carbocycles. The van der Waals surface area contributed by atoms with Crippen LogP contribution in [-0.2, 0) is 9.59 Å². The third-order valence-corrected chi connectivity index (χ3v) is 5.31. The maximum absolute atomic E-state index is 13.5. The number of halogens is 1. The fourth-order valence-corrected chi connectivity index (χ4v) is 3.76. The van der Waals surface area contributed by atoms with Crippen molar-refractivity contribution < 1.29 is 23.7 Å². The van der Waals surface area contributed by atoms with Crippen molar-refractivity contribution in [2.24, 2.45) is 5.92 Å². The highest BCUT2D eigenvalue weighted by Gasteiger charge is 2.51. The molecule has 5 nitrogen and oxygen atoms in total. The minimum absolute atomic E-state index is 0.371. The van der Waals surface area contributed by atoms with Gasteiger partial charge in [-0.25, -0.2) is 4.39 Å². The topological polar surface area (TPSA) is 58.9 Å². The van der Waals surface area contributed by atoms with Crippen LogP contribution in [-0.4, -0.2) is 49.6 Å². The number of carbonyl (C=O) groups is 3. The van der Waals surface area contributed by atoms with E-state index in [0.29, 0.717) is 24.1 Å². The molecule has 2 aromatic carbocycles. The minimum atomic E-state index is -1.12. The number of likely N-dealkylation sites (tertiary alicyclic amines) is 1. The number of ketones is 2. The maximum atomic E-state index is 13.5. The predicted octanol–water partition coefficient (Wildman–Crippen LogP) is 1.62. The molecule has 1 heterocycles. The van der Waals surface area contributed by atoms with Crippen LogP contribution in [0.3, 0.4) is 0 Å². The highest BCUT2D eigenvalue weighted by molar-refractivity contribution is 6.44. The summed E-state index contributed by atoms with van der Waals surface area (Å²) in [6.45, 7) is 3.11. The lowest BCUT2D eigenvalue weighted by Crippen LogP contribution is -3.05.